The third-order valence-corrected chi connectivity index (χ3v) is 3.19. The zero-order valence-electron chi connectivity index (χ0n) is 9.42. The lowest BCUT2D eigenvalue weighted by Crippen LogP contribution is -2.26. The first kappa shape index (κ1) is 14.7. The van der Waals surface area contributed by atoms with E-state index >= 15 is 0 Å². The number of amides is 1. The Kier molecular flexibility index (Phi) is 7.55. The summed E-state index contributed by atoms with van der Waals surface area (Å²) in [7, 11) is 0. The Bertz CT molecular complexity index is 360. The van der Waals surface area contributed by atoms with Crippen molar-refractivity contribution in [2.75, 3.05) is 25.6 Å². The Morgan fingerprint density at radius 3 is 2.82 bits per heavy atom. The zero-order chi connectivity index (χ0) is 12.5. The number of halogens is 2. The van der Waals surface area contributed by atoms with Gasteiger partial charge in [0.2, 0.25) is 0 Å². The maximum Gasteiger partial charge on any atom is 0.252 e. The molecule has 1 aromatic rings. The minimum atomic E-state index is -0.0349. The number of carbonyl (C=O) groups is 1. The van der Waals surface area contributed by atoms with Gasteiger partial charge in [0.05, 0.1) is 12.2 Å². The molecule has 0 saturated carbocycles. The SMILES string of the molecule is O=C(NCCCOCCCl)c1ccccc1I. The summed E-state index contributed by atoms with van der Waals surface area (Å²) in [5.74, 6) is 0.474. The van der Waals surface area contributed by atoms with Crippen LogP contribution in [-0.2, 0) is 4.74 Å². The second-order valence-corrected chi connectivity index (χ2v) is 4.93. The standard InChI is InChI=1S/C12H15ClINO2/c13-6-9-17-8-3-7-15-12(16)10-4-1-2-5-11(10)14/h1-2,4-5H,3,6-9H2,(H,15,16). The van der Waals surface area contributed by atoms with Gasteiger partial charge < -0.3 is 10.1 Å². The van der Waals surface area contributed by atoms with E-state index in [1.54, 1.807) is 0 Å². The highest BCUT2D eigenvalue weighted by Crippen LogP contribution is 2.10. The van der Waals surface area contributed by atoms with Crippen molar-refractivity contribution in [3.63, 3.8) is 0 Å². The Labute approximate surface area is 120 Å². The van der Waals surface area contributed by atoms with Crippen molar-refractivity contribution >= 4 is 40.1 Å². The molecule has 0 unspecified atom stereocenters. The number of nitrogens with one attached hydrogen (secondary N) is 1. The molecular formula is C12H15ClINO2. The normalized spacial score (nSPS) is 10.2. The van der Waals surface area contributed by atoms with Gasteiger partial charge in [-0.05, 0) is 41.1 Å². The van der Waals surface area contributed by atoms with Crippen LogP contribution in [0.25, 0.3) is 0 Å². The first-order valence-electron chi connectivity index (χ1n) is 5.42. The molecule has 0 aliphatic rings. The van der Waals surface area contributed by atoms with E-state index in [1.807, 2.05) is 24.3 Å². The molecular weight excluding hydrogens is 352 g/mol. The van der Waals surface area contributed by atoms with Crippen molar-refractivity contribution in [3.8, 4) is 0 Å². The van der Waals surface area contributed by atoms with Crippen LogP contribution in [0.1, 0.15) is 16.8 Å². The minimum absolute atomic E-state index is 0.0349. The van der Waals surface area contributed by atoms with Gasteiger partial charge in [-0.25, -0.2) is 0 Å². The lowest BCUT2D eigenvalue weighted by molar-refractivity contribution is 0.0943. The summed E-state index contributed by atoms with van der Waals surface area (Å²) in [5, 5.41) is 2.86. The monoisotopic (exact) mass is 367 g/mol. The van der Waals surface area contributed by atoms with E-state index in [-0.39, 0.29) is 5.91 Å². The summed E-state index contributed by atoms with van der Waals surface area (Å²) >= 11 is 7.62. The van der Waals surface area contributed by atoms with Gasteiger partial charge in [-0.1, -0.05) is 12.1 Å². The van der Waals surface area contributed by atoms with Crippen LogP contribution in [-0.4, -0.2) is 31.5 Å². The molecule has 0 heterocycles. The van der Waals surface area contributed by atoms with Crippen molar-refractivity contribution in [1.82, 2.24) is 5.32 Å². The number of ether oxygens (including phenoxy) is 1. The quantitative estimate of drug-likeness (QED) is 0.457. The van der Waals surface area contributed by atoms with Crippen LogP contribution in [0.15, 0.2) is 24.3 Å². The van der Waals surface area contributed by atoms with Crippen LogP contribution in [0.3, 0.4) is 0 Å². The van der Waals surface area contributed by atoms with E-state index in [2.05, 4.69) is 27.9 Å². The van der Waals surface area contributed by atoms with Crippen molar-refractivity contribution in [3.05, 3.63) is 33.4 Å². The second-order valence-electron chi connectivity index (χ2n) is 3.39. The lowest BCUT2D eigenvalue weighted by atomic mass is 10.2. The van der Waals surface area contributed by atoms with Crippen LogP contribution >= 0.6 is 34.2 Å². The molecule has 0 bridgehead atoms. The average molecular weight is 368 g/mol. The lowest BCUT2D eigenvalue weighted by Gasteiger charge is -2.06. The van der Waals surface area contributed by atoms with Gasteiger partial charge in [0.25, 0.3) is 5.91 Å². The van der Waals surface area contributed by atoms with Gasteiger partial charge in [-0.2, -0.15) is 0 Å². The maximum absolute atomic E-state index is 11.8. The van der Waals surface area contributed by atoms with Gasteiger partial charge in [-0.3, -0.25) is 4.79 Å². The van der Waals surface area contributed by atoms with Crippen LogP contribution < -0.4 is 5.32 Å². The molecule has 0 radical (unpaired) electrons. The number of carbonyl (C=O) groups excluding carboxylic acids is 1. The molecule has 5 heteroatoms. The van der Waals surface area contributed by atoms with Gasteiger partial charge in [0, 0.05) is 22.6 Å². The second kappa shape index (κ2) is 8.72. The molecule has 0 atom stereocenters. The summed E-state index contributed by atoms with van der Waals surface area (Å²) in [6.45, 7) is 1.80. The highest BCUT2D eigenvalue weighted by molar-refractivity contribution is 14.1. The van der Waals surface area contributed by atoms with E-state index in [0.29, 0.717) is 25.6 Å². The first-order chi connectivity index (χ1) is 8.25. The Hall–Kier alpha value is -0.330. The van der Waals surface area contributed by atoms with Crippen LogP contribution in [0.4, 0.5) is 0 Å². The molecule has 1 rings (SSSR count). The van der Waals surface area contributed by atoms with E-state index in [1.165, 1.54) is 0 Å². The fraction of sp³-hybridized carbons (Fsp3) is 0.417. The molecule has 0 aromatic heterocycles. The van der Waals surface area contributed by atoms with Crippen LogP contribution in [0, 0.1) is 3.57 Å². The number of alkyl halides is 1. The molecule has 0 fully saturated rings. The zero-order valence-corrected chi connectivity index (χ0v) is 12.3. The van der Waals surface area contributed by atoms with Crippen molar-refractivity contribution < 1.29 is 9.53 Å². The minimum Gasteiger partial charge on any atom is -0.380 e. The smallest absolute Gasteiger partial charge is 0.252 e. The summed E-state index contributed by atoms with van der Waals surface area (Å²) in [6, 6.07) is 7.51. The molecule has 1 amide bonds. The number of hydrogen-bond donors (Lipinski definition) is 1. The third kappa shape index (κ3) is 5.70. The van der Waals surface area contributed by atoms with E-state index in [9.17, 15) is 4.79 Å². The van der Waals surface area contributed by atoms with Crippen molar-refractivity contribution in [2.45, 2.75) is 6.42 Å². The molecule has 0 aliphatic heterocycles. The maximum atomic E-state index is 11.8. The Morgan fingerprint density at radius 2 is 2.12 bits per heavy atom. The molecule has 3 nitrogen and oxygen atoms in total. The highest BCUT2D eigenvalue weighted by atomic mass is 127. The number of rotatable bonds is 7. The Balaban J connectivity index is 2.24. The van der Waals surface area contributed by atoms with E-state index in [4.69, 9.17) is 16.3 Å². The average Bonchev–Trinajstić information content (AvgIpc) is 2.34. The van der Waals surface area contributed by atoms with E-state index in [0.717, 1.165) is 15.6 Å². The predicted octanol–water partition coefficient (Wildman–Crippen LogP) is 2.67. The van der Waals surface area contributed by atoms with Crippen molar-refractivity contribution in [1.29, 1.82) is 0 Å². The summed E-state index contributed by atoms with van der Waals surface area (Å²) in [4.78, 5) is 11.8. The molecule has 1 aromatic carbocycles. The molecule has 0 aliphatic carbocycles. The van der Waals surface area contributed by atoms with Gasteiger partial charge in [0.15, 0.2) is 0 Å². The van der Waals surface area contributed by atoms with E-state index < -0.39 is 0 Å². The third-order valence-electron chi connectivity index (χ3n) is 2.09. The molecule has 1 N–H and O–H groups in total. The van der Waals surface area contributed by atoms with Gasteiger partial charge >= 0.3 is 0 Å². The largest absolute Gasteiger partial charge is 0.380 e. The predicted molar refractivity (Wildman–Crippen MR) is 77.6 cm³/mol. The molecule has 0 spiro atoms. The summed E-state index contributed by atoms with van der Waals surface area (Å²) < 4.78 is 6.17. The fourth-order valence-corrected chi connectivity index (χ4v) is 2.01. The van der Waals surface area contributed by atoms with Crippen molar-refractivity contribution in [2.24, 2.45) is 0 Å². The van der Waals surface area contributed by atoms with Gasteiger partial charge in [-0.15, -0.1) is 11.6 Å². The highest BCUT2D eigenvalue weighted by Gasteiger charge is 2.07. The van der Waals surface area contributed by atoms with Crippen LogP contribution in [0.5, 0.6) is 0 Å². The van der Waals surface area contributed by atoms with Crippen LogP contribution in [0.2, 0.25) is 0 Å². The topological polar surface area (TPSA) is 38.3 Å². The summed E-state index contributed by atoms with van der Waals surface area (Å²) in [5.41, 5.74) is 0.717. The number of benzene rings is 1. The number of hydrogen-bond acceptors (Lipinski definition) is 2. The first-order valence-corrected chi connectivity index (χ1v) is 7.03. The summed E-state index contributed by atoms with van der Waals surface area (Å²) in [6.07, 6.45) is 0.798. The molecule has 17 heavy (non-hydrogen) atoms. The Morgan fingerprint density at radius 1 is 1.35 bits per heavy atom. The molecule has 94 valence electrons. The fourth-order valence-electron chi connectivity index (χ4n) is 1.27. The van der Waals surface area contributed by atoms with Gasteiger partial charge in [0.1, 0.15) is 0 Å². The molecule has 0 saturated heterocycles.